The minimum Gasteiger partial charge on any atom is -0.491 e. The van der Waals surface area contributed by atoms with E-state index in [1.165, 1.54) is 31.5 Å². The van der Waals surface area contributed by atoms with E-state index in [1.54, 1.807) is 0 Å². The summed E-state index contributed by atoms with van der Waals surface area (Å²) in [7, 11) is 2.15. The molecule has 3 rings (SSSR count). The fourth-order valence-corrected chi connectivity index (χ4v) is 3.84. The third-order valence-corrected chi connectivity index (χ3v) is 6.05. The van der Waals surface area contributed by atoms with Gasteiger partial charge in [-0.25, -0.2) is 0 Å². The summed E-state index contributed by atoms with van der Waals surface area (Å²) in [5.74, 6) is 0.843. The molecule has 2 aliphatic rings. The Balaban J connectivity index is 1.37. The summed E-state index contributed by atoms with van der Waals surface area (Å²) >= 11 is 0. The van der Waals surface area contributed by atoms with Gasteiger partial charge in [-0.3, -0.25) is 9.80 Å². The van der Waals surface area contributed by atoms with E-state index >= 15 is 0 Å². The molecule has 152 valence electrons. The molecule has 0 bridgehead atoms. The number of nitrogens with zero attached hydrogens (tertiary/aromatic N) is 3. The summed E-state index contributed by atoms with van der Waals surface area (Å²) in [5.41, 5.74) is 1.83. The minimum atomic E-state index is -0.440. The Bertz CT molecular complexity index is 557. The first-order valence-electron chi connectivity index (χ1n) is 10.4. The molecule has 0 spiro atoms. The first-order valence-corrected chi connectivity index (χ1v) is 10.4. The molecule has 0 unspecified atom stereocenters. The molecular weight excluding hydrogens is 338 g/mol. The van der Waals surface area contributed by atoms with Gasteiger partial charge in [0.25, 0.3) is 0 Å². The van der Waals surface area contributed by atoms with E-state index in [2.05, 4.69) is 47.7 Å². The standard InChI is InChI=1S/C22H37N3O2/c1-22(2)8-10-24(11-9-22)16-19-4-6-21(7-5-19)27-18-20(26)17-25-14-12-23(3)13-15-25/h4-7,20,26H,8-18H2,1-3H3/t20-/m1/s1. The Hall–Kier alpha value is -1.14. The van der Waals surface area contributed by atoms with Gasteiger partial charge >= 0.3 is 0 Å². The molecule has 0 radical (unpaired) electrons. The number of likely N-dealkylation sites (N-methyl/N-ethyl adjacent to an activating group) is 1. The predicted octanol–water partition coefficient (Wildman–Crippen LogP) is 2.30. The zero-order valence-corrected chi connectivity index (χ0v) is 17.4. The van der Waals surface area contributed by atoms with Crippen LogP contribution in [0.2, 0.25) is 0 Å². The van der Waals surface area contributed by atoms with E-state index in [0.29, 0.717) is 18.6 Å². The molecule has 2 aliphatic heterocycles. The topological polar surface area (TPSA) is 39.2 Å². The number of benzene rings is 1. The highest BCUT2D eigenvalue weighted by molar-refractivity contribution is 5.27. The van der Waals surface area contributed by atoms with Crippen LogP contribution < -0.4 is 4.74 Å². The molecule has 1 atom stereocenters. The van der Waals surface area contributed by atoms with Crippen LogP contribution in [0.15, 0.2) is 24.3 Å². The lowest BCUT2D eigenvalue weighted by atomic mass is 9.82. The van der Waals surface area contributed by atoms with Crippen LogP contribution in [0.1, 0.15) is 32.3 Å². The summed E-state index contributed by atoms with van der Waals surface area (Å²) in [6, 6.07) is 8.38. The van der Waals surface area contributed by atoms with E-state index in [0.717, 1.165) is 38.5 Å². The Morgan fingerprint density at radius 1 is 0.963 bits per heavy atom. The van der Waals surface area contributed by atoms with Gasteiger partial charge in [0.1, 0.15) is 18.5 Å². The van der Waals surface area contributed by atoms with E-state index in [1.807, 2.05) is 12.1 Å². The van der Waals surface area contributed by atoms with Crippen molar-refractivity contribution in [3.63, 3.8) is 0 Å². The average molecular weight is 376 g/mol. The number of piperazine rings is 1. The van der Waals surface area contributed by atoms with Crippen molar-refractivity contribution in [2.45, 2.75) is 39.3 Å². The maximum atomic E-state index is 10.3. The minimum absolute atomic E-state index is 0.354. The Morgan fingerprint density at radius 3 is 2.22 bits per heavy atom. The zero-order valence-electron chi connectivity index (χ0n) is 17.4. The van der Waals surface area contributed by atoms with Gasteiger partial charge in [0, 0.05) is 39.3 Å². The number of ether oxygens (including phenoxy) is 1. The summed E-state index contributed by atoms with van der Waals surface area (Å²) < 4.78 is 5.80. The van der Waals surface area contributed by atoms with Crippen LogP contribution in [0, 0.1) is 5.41 Å². The molecule has 5 heteroatoms. The van der Waals surface area contributed by atoms with Crippen LogP contribution >= 0.6 is 0 Å². The van der Waals surface area contributed by atoms with Crippen molar-refractivity contribution in [1.82, 2.24) is 14.7 Å². The number of β-amino-alcohol motifs (C(OH)–C–C–N with tert-alkyl or cyclic N) is 1. The molecule has 27 heavy (non-hydrogen) atoms. The number of piperidine rings is 1. The van der Waals surface area contributed by atoms with Crippen LogP contribution in [-0.2, 0) is 6.54 Å². The molecule has 1 N–H and O–H groups in total. The van der Waals surface area contributed by atoms with Crippen LogP contribution in [-0.4, -0.2) is 85.4 Å². The van der Waals surface area contributed by atoms with Gasteiger partial charge in [-0.1, -0.05) is 26.0 Å². The molecule has 1 aromatic carbocycles. The van der Waals surface area contributed by atoms with Crippen LogP contribution in [0.5, 0.6) is 5.75 Å². The fourth-order valence-electron chi connectivity index (χ4n) is 3.84. The van der Waals surface area contributed by atoms with E-state index < -0.39 is 6.10 Å². The number of aliphatic hydroxyl groups is 1. The van der Waals surface area contributed by atoms with Gasteiger partial charge in [0.05, 0.1) is 0 Å². The van der Waals surface area contributed by atoms with Gasteiger partial charge in [0.15, 0.2) is 0 Å². The summed E-state index contributed by atoms with van der Waals surface area (Å²) in [4.78, 5) is 7.18. The van der Waals surface area contributed by atoms with Crippen LogP contribution in [0.3, 0.4) is 0 Å². The molecule has 2 heterocycles. The van der Waals surface area contributed by atoms with E-state index in [-0.39, 0.29) is 0 Å². The molecular formula is C22H37N3O2. The first-order chi connectivity index (χ1) is 12.9. The molecule has 5 nitrogen and oxygen atoms in total. The van der Waals surface area contributed by atoms with Gasteiger partial charge in [-0.2, -0.15) is 0 Å². The van der Waals surface area contributed by atoms with Gasteiger partial charge in [-0.05, 0) is 56.1 Å². The molecule has 0 aromatic heterocycles. The van der Waals surface area contributed by atoms with Crippen molar-refractivity contribution >= 4 is 0 Å². The summed E-state index contributed by atoms with van der Waals surface area (Å²) in [6.45, 7) is 13.4. The molecule has 1 aromatic rings. The van der Waals surface area contributed by atoms with Gasteiger partial charge in [-0.15, -0.1) is 0 Å². The largest absolute Gasteiger partial charge is 0.491 e. The molecule has 0 saturated carbocycles. The van der Waals surface area contributed by atoms with Crippen molar-refractivity contribution in [2.75, 3.05) is 59.5 Å². The number of rotatable bonds is 7. The summed E-state index contributed by atoms with van der Waals surface area (Å²) in [5, 5.41) is 10.3. The number of likely N-dealkylation sites (tertiary alicyclic amines) is 1. The van der Waals surface area contributed by atoms with Gasteiger partial charge < -0.3 is 14.7 Å². The Labute approximate surface area is 164 Å². The van der Waals surface area contributed by atoms with E-state index in [4.69, 9.17) is 4.74 Å². The molecule has 0 amide bonds. The molecule has 0 aliphatic carbocycles. The normalized spacial score (nSPS) is 23.3. The third kappa shape index (κ3) is 6.75. The number of hydrogen-bond donors (Lipinski definition) is 1. The van der Waals surface area contributed by atoms with Crippen LogP contribution in [0.25, 0.3) is 0 Å². The maximum absolute atomic E-state index is 10.3. The van der Waals surface area contributed by atoms with E-state index in [9.17, 15) is 5.11 Å². The van der Waals surface area contributed by atoms with Crippen molar-refractivity contribution in [3.8, 4) is 5.75 Å². The smallest absolute Gasteiger partial charge is 0.119 e. The second-order valence-corrected chi connectivity index (χ2v) is 9.15. The van der Waals surface area contributed by atoms with Gasteiger partial charge in [0.2, 0.25) is 0 Å². The maximum Gasteiger partial charge on any atom is 0.119 e. The highest BCUT2D eigenvalue weighted by Crippen LogP contribution is 2.30. The van der Waals surface area contributed by atoms with Crippen molar-refractivity contribution in [1.29, 1.82) is 0 Å². The first kappa shape index (κ1) is 20.6. The highest BCUT2D eigenvalue weighted by atomic mass is 16.5. The van der Waals surface area contributed by atoms with Crippen molar-refractivity contribution in [2.24, 2.45) is 5.41 Å². The third-order valence-electron chi connectivity index (χ3n) is 6.05. The lowest BCUT2D eigenvalue weighted by Crippen LogP contribution is -2.47. The zero-order chi connectivity index (χ0) is 19.3. The lowest BCUT2D eigenvalue weighted by Gasteiger charge is -2.36. The van der Waals surface area contributed by atoms with Crippen LogP contribution in [0.4, 0.5) is 0 Å². The fraction of sp³-hybridized carbons (Fsp3) is 0.727. The SMILES string of the molecule is CN1CCN(C[C@@H](O)COc2ccc(CN3CCC(C)(C)CC3)cc2)CC1. The summed E-state index contributed by atoms with van der Waals surface area (Å²) in [6.07, 6.45) is 2.11. The molecule has 2 saturated heterocycles. The van der Waals surface area contributed by atoms with Crippen molar-refractivity contribution < 1.29 is 9.84 Å². The Kier molecular flexibility index (Phi) is 7.15. The second-order valence-electron chi connectivity index (χ2n) is 9.15. The predicted molar refractivity (Wildman–Crippen MR) is 110 cm³/mol. The lowest BCUT2D eigenvalue weighted by molar-refractivity contribution is 0.0504. The van der Waals surface area contributed by atoms with Crippen molar-refractivity contribution in [3.05, 3.63) is 29.8 Å². The number of aliphatic hydroxyl groups excluding tert-OH is 1. The second kappa shape index (κ2) is 9.37. The quantitative estimate of drug-likeness (QED) is 0.792. The molecule has 2 fully saturated rings. The average Bonchev–Trinajstić information content (AvgIpc) is 2.65. The highest BCUT2D eigenvalue weighted by Gasteiger charge is 2.25. The Morgan fingerprint density at radius 2 is 1.59 bits per heavy atom. The number of hydrogen-bond acceptors (Lipinski definition) is 5. The monoisotopic (exact) mass is 375 g/mol.